The van der Waals surface area contributed by atoms with Crippen LogP contribution in [0.3, 0.4) is 0 Å². The van der Waals surface area contributed by atoms with Gasteiger partial charge in [-0.1, -0.05) is 48.0 Å². The number of piperidine rings is 1. The number of halogens is 1. The minimum absolute atomic E-state index is 0.000926. The number of nitrogens with zero attached hydrogens (tertiary/aromatic N) is 1. The van der Waals surface area contributed by atoms with Gasteiger partial charge in [-0.05, 0) is 47.9 Å². The number of fused-ring (bicyclic) bond motifs is 1. The van der Waals surface area contributed by atoms with Gasteiger partial charge >= 0.3 is 0 Å². The van der Waals surface area contributed by atoms with E-state index in [2.05, 4.69) is 10.6 Å². The van der Waals surface area contributed by atoms with Gasteiger partial charge in [-0.2, -0.15) is 0 Å². The summed E-state index contributed by atoms with van der Waals surface area (Å²) in [7, 11) is 0. The molecule has 4 rings (SSSR count). The molecule has 0 spiro atoms. The highest BCUT2D eigenvalue weighted by atomic mass is 35.5. The number of carbonyl (C=O) groups is 3. The maximum absolute atomic E-state index is 13.1. The fourth-order valence-electron chi connectivity index (χ4n) is 4.06. The number of anilines is 2. The van der Waals surface area contributed by atoms with Crippen LogP contribution in [0, 0.1) is 5.92 Å². The van der Waals surface area contributed by atoms with Gasteiger partial charge in [0.25, 0.3) is 5.91 Å². The summed E-state index contributed by atoms with van der Waals surface area (Å²) >= 11 is 6.19. The van der Waals surface area contributed by atoms with Crippen LogP contribution in [0.4, 0.5) is 11.4 Å². The molecule has 2 N–H and O–H groups in total. The van der Waals surface area contributed by atoms with Crippen LogP contribution in [0.2, 0.25) is 5.02 Å². The molecule has 3 amide bonds. The second kappa shape index (κ2) is 9.40. The third-order valence-electron chi connectivity index (χ3n) is 5.72. The molecule has 7 heteroatoms. The first-order valence-electron chi connectivity index (χ1n) is 10.6. The van der Waals surface area contributed by atoms with Gasteiger partial charge < -0.3 is 15.5 Å². The van der Waals surface area contributed by atoms with Crippen molar-refractivity contribution in [1.29, 1.82) is 0 Å². The Morgan fingerprint density at radius 1 is 0.938 bits per heavy atom. The number of amides is 3. The van der Waals surface area contributed by atoms with Gasteiger partial charge in [0.15, 0.2) is 0 Å². The number of carbonyl (C=O) groups excluding carboxylic acids is 3. The molecule has 1 saturated heterocycles. The molecule has 6 nitrogen and oxygen atoms in total. The summed E-state index contributed by atoms with van der Waals surface area (Å²) in [6.45, 7) is 2.47. The minimum atomic E-state index is -0.214. The lowest BCUT2D eigenvalue weighted by atomic mass is 9.94. The summed E-state index contributed by atoms with van der Waals surface area (Å²) in [4.78, 5) is 38.9. The fourth-order valence-corrected chi connectivity index (χ4v) is 4.28. The Kier molecular flexibility index (Phi) is 6.42. The molecule has 0 aromatic heterocycles. The van der Waals surface area contributed by atoms with Crippen LogP contribution in [0.15, 0.2) is 60.7 Å². The van der Waals surface area contributed by atoms with E-state index < -0.39 is 0 Å². The van der Waals surface area contributed by atoms with Crippen LogP contribution in [0.5, 0.6) is 0 Å². The van der Waals surface area contributed by atoms with Crippen LogP contribution >= 0.6 is 11.6 Å². The number of hydrogen-bond acceptors (Lipinski definition) is 3. The Hall–Kier alpha value is -3.38. The predicted molar refractivity (Wildman–Crippen MR) is 127 cm³/mol. The van der Waals surface area contributed by atoms with Crippen molar-refractivity contribution in [3.8, 4) is 0 Å². The van der Waals surface area contributed by atoms with E-state index in [-0.39, 0.29) is 23.6 Å². The standard InChI is InChI=1S/C25H24ClN3O3/c1-16(30)27-23-10-9-19(15-22(23)26)28-24(31)18-11-13-29(14-12-18)25(32)21-8-4-6-17-5-2-3-7-20(17)21/h2-10,15,18H,11-14H2,1H3,(H,27,30)(H,28,31). The lowest BCUT2D eigenvalue weighted by Crippen LogP contribution is -2.41. The zero-order valence-corrected chi connectivity index (χ0v) is 18.5. The molecule has 1 aliphatic heterocycles. The highest BCUT2D eigenvalue weighted by Gasteiger charge is 2.28. The third-order valence-corrected chi connectivity index (χ3v) is 6.03. The first kappa shape index (κ1) is 21.8. The van der Waals surface area contributed by atoms with Gasteiger partial charge in [0, 0.05) is 37.2 Å². The van der Waals surface area contributed by atoms with Crippen LogP contribution in [-0.2, 0) is 9.59 Å². The summed E-state index contributed by atoms with van der Waals surface area (Å²) in [6, 6.07) is 18.6. The number of hydrogen-bond donors (Lipinski definition) is 2. The SMILES string of the molecule is CC(=O)Nc1ccc(NC(=O)C2CCN(C(=O)c3cccc4ccccc34)CC2)cc1Cl. The van der Waals surface area contributed by atoms with Crippen molar-refractivity contribution in [3.63, 3.8) is 0 Å². The summed E-state index contributed by atoms with van der Waals surface area (Å²) < 4.78 is 0. The summed E-state index contributed by atoms with van der Waals surface area (Å²) in [5.41, 5.74) is 1.76. The van der Waals surface area contributed by atoms with Crippen molar-refractivity contribution in [2.75, 3.05) is 23.7 Å². The molecule has 164 valence electrons. The van der Waals surface area contributed by atoms with Gasteiger partial charge in [0.2, 0.25) is 11.8 Å². The first-order valence-corrected chi connectivity index (χ1v) is 10.9. The zero-order valence-electron chi connectivity index (χ0n) is 17.7. The monoisotopic (exact) mass is 449 g/mol. The maximum atomic E-state index is 13.1. The van der Waals surface area contributed by atoms with Crippen molar-refractivity contribution >= 4 is 51.5 Å². The largest absolute Gasteiger partial charge is 0.339 e. The Morgan fingerprint density at radius 3 is 2.38 bits per heavy atom. The van der Waals surface area contributed by atoms with E-state index in [0.717, 1.165) is 10.8 Å². The molecule has 3 aromatic carbocycles. The van der Waals surface area contributed by atoms with Crippen LogP contribution in [-0.4, -0.2) is 35.7 Å². The van der Waals surface area contributed by atoms with Crippen molar-refractivity contribution < 1.29 is 14.4 Å². The summed E-state index contributed by atoms with van der Waals surface area (Å²) in [5, 5.41) is 7.87. The van der Waals surface area contributed by atoms with Crippen LogP contribution < -0.4 is 10.6 Å². The molecule has 0 atom stereocenters. The average molecular weight is 450 g/mol. The van der Waals surface area contributed by atoms with Crippen LogP contribution in [0.25, 0.3) is 10.8 Å². The fraction of sp³-hybridized carbons (Fsp3) is 0.240. The van der Waals surface area contributed by atoms with E-state index in [0.29, 0.717) is 47.9 Å². The lowest BCUT2D eigenvalue weighted by Gasteiger charge is -2.31. The molecule has 0 radical (unpaired) electrons. The van der Waals surface area contributed by atoms with Gasteiger partial charge in [0.05, 0.1) is 10.7 Å². The van der Waals surface area contributed by atoms with Gasteiger partial charge in [0.1, 0.15) is 0 Å². The minimum Gasteiger partial charge on any atom is -0.339 e. The Bertz CT molecular complexity index is 1180. The van der Waals surface area contributed by atoms with E-state index >= 15 is 0 Å². The Balaban J connectivity index is 1.37. The number of benzene rings is 3. The molecule has 0 bridgehead atoms. The molecule has 3 aromatic rings. The lowest BCUT2D eigenvalue weighted by molar-refractivity contribution is -0.121. The highest BCUT2D eigenvalue weighted by Crippen LogP contribution is 2.27. The Morgan fingerprint density at radius 2 is 1.66 bits per heavy atom. The first-order chi connectivity index (χ1) is 15.4. The molecule has 0 unspecified atom stereocenters. The van der Waals surface area contributed by atoms with Crippen molar-refractivity contribution in [2.45, 2.75) is 19.8 Å². The molecule has 0 aliphatic carbocycles. The molecule has 1 heterocycles. The molecule has 32 heavy (non-hydrogen) atoms. The van der Waals surface area contributed by atoms with E-state index in [9.17, 15) is 14.4 Å². The molecular weight excluding hydrogens is 426 g/mol. The number of likely N-dealkylation sites (tertiary alicyclic amines) is 1. The molecule has 1 fully saturated rings. The van der Waals surface area contributed by atoms with E-state index in [4.69, 9.17) is 11.6 Å². The number of nitrogens with one attached hydrogen (secondary N) is 2. The van der Waals surface area contributed by atoms with E-state index in [1.165, 1.54) is 6.92 Å². The zero-order chi connectivity index (χ0) is 22.7. The van der Waals surface area contributed by atoms with E-state index in [1.54, 1.807) is 18.2 Å². The van der Waals surface area contributed by atoms with Crippen molar-refractivity contribution in [1.82, 2.24) is 4.90 Å². The van der Waals surface area contributed by atoms with Gasteiger partial charge in [-0.25, -0.2) is 0 Å². The second-order valence-corrected chi connectivity index (χ2v) is 8.37. The third kappa shape index (κ3) is 4.75. The van der Waals surface area contributed by atoms with Crippen molar-refractivity contribution in [2.24, 2.45) is 5.92 Å². The quantitative estimate of drug-likeness (QED) is 0.592. The maximum Gasteiger partial charge on any atom is 0.254 e. The molecular formula is C25H24ClN3O3. The average Bonchev–Trinajstić information content (AvgIpc) is 2.80. The summed E-state index contributed by atoms with van der Waals surface area (Å²) in [6.07, 6.45) is 1.19. The van der Waals surface area contributed by atoms with Gasteiger partial charge in [-0.3, -0.25) is 14.4 Å². The van der Waals surface area contributed by atoms with Gasteiger partial charge in [-0.15, -0.1) is 0 Å². The molecule has 1 aliphatic rings. The van der Waals surface area contributed by atoms with Crippen LogP contribution in [0.1, 0.15) is 30.1 Å². The predicted octanol–water partition coefficient (Wildman–Crippen LogP) is 4.94. The van der Waals surface area contributed by atoms with E-state index in [1.807, 2.05) is 47.4 Å². The molecule has 0 saturated carbocycles. The smallest absolute Gasteiger partial charge is 0.254 e. The Labute approximate surface area is 191 Å². The number of rotatable bonds is 4. The normalized spacial score (nSPS) is 14.2. The highest BCUT2D eigenvalue weighted by molar-refractivity contribution is 6.34. The van der Waals surface area contributed by atoms with Crippen molar-refractivity contribution in [3.05, 3.63) is 71.2 Å². The second-order valence-electron chi connectivity index (χ2n) is 7.96. The summed E-state index contributed by atoms with van der Waals surface area (Å²) in [5.74, 6) is -0.486. The topological polar surface area (TPSA) is 78.5 Å².